The molecule has 0 aliphatic carbocycles. The van der Waals surface area contributed by atoms with E-state index in [1.54, 1.807) is 6.26 Å². The molecule has 6 nitrogen and oxygen atoms in total. The van der Waals surface area contributed by atoms with Crippen molar-refractivity contribution in [1.82, 2.24) is 10.2 Å². The van der Waals surface area contributed by atoms with Crippen molar-refractivity contribution >= 4 is 5.97 Å². The maximum absolute atomic E-state index is 10.8. The van der Waals surface area contributed by atoms with Crippen LogP contribution in [0, 0.1) is 12.3 Å². The zero-order chi connectivity index (χ0) is 14.0. The fraction of sp³-hybridized carbons (Fsp3) is 0.462. The number of carboxylic acids is 1. The van der Waals surface area contributed by atoms with Crippen LogP contribution in [0.5, 0.6) is 0 Å². The summed E-state index contributed by atoms with van der Waals surface area (Å²) in [5.41, 5.74) is 0.480. The van der Waals surface area contributed by atoms with Gasteiger partial charge in [-0.1, -0.05) is 13.8 Å². The fourth-order valence-corrected chi connectivity index (χ4v) is 1.89. The number of aryl methyl sites for hydroxylation is 1. The molecule has 0 saturated heterocycles. The number of aliphatic carboxylic acids is 1. The summed E-state index contributed by atoms with van der Waals surface area (Å²) in [6.07, 6.45) is 2.01. The zero-order valence-electron chi connectivity index (χ0n) is 11.1. The Hall–Kier alpha value is -2.11. The highest BCUT2D eigenvalue weighted by molar-refractivity contribution is 5.67. The highest BCUT2D eigenvalue weighted by atomic mass is 16.4. The molecule has 0 unspecified atom stereocenters. The van der Waals surface area contributed by atoms with Crippen molar-refractivity contribution < 1.29 is 18.7 Å². The van der Waals surface area contributed by atoms with E-state index in [0.29, 0.717) is 24.0 Å². The molecule has 2 aromatic rings. The highest BCUT2D eigenvalue weighted by Gasteiger charge is 2.25. The van der Waals surface area contributed by atoms with Crippen LogP contribution in [0.25, 0.3) is 11.7 Å². The third kappa shape index (κ3) is 3.21. The lowest BCUT2D eigenvalue weighted by atomic mass is 9.86. The minimum Gasteiger partial charge on any atom is -0.481 e. The van der Waals surface area contributed by atoms with Crippen molar-refractivity contribution in [2.75, 3.05) is 0 Å². The predicted octanol–water partition coefficient (Wildman–Crippen LogP) is 2.68. The molecule has 0 aromatic carbocycles. The van der Waals surface area contributed by atoms with Gasteiger partial charge < -0.3 is 13.9 Å². The number of carboxylic acid groups (broad SMARTS) is 1. The Morgan fingerprint density at radius 1 is 1.42 bits per heavy atom. The van der Waals surface area contributed by atoms with E-state index >= 15 is 0 Å². The molecule has 0 atom stereocenters. The summed E-state index contributed by atoms with van der Waals surface area (Å²) >= 11 is 0. The molecule has 2 rings (SSSR count). The van der Waals surface area contributed by atoms with E-state index in [4.69, 9.17) is 13.9 Å². The molecule has 2 aromatic heterocycles. The van der Waals surface area contributed by atoms with Crippen LogP contribution < -0.4 is 0 Å². The topological polar surface area (TPSA) is 89.4 Å². The SMILES string of the molecule is Cc1ccoc1-c1nnc(CC(C)(C)CC(=O)O)o1. The number of hydrogen-bond acceptors (Lipinski definition) is 5. The van der Waals surface area contributed by atoms with E-state index in [0.717, 1.165) is 5.56 Å². The quantitative estimate of drug-likeness (QED) is 0.892. The Labute approximate surface area is 110 Å². The highest BCUT2D eigenvalue weighted by Crippen LogP contribution is 2.28. The van der Waals surface area contributed by atoms with Crippen molar-refractivity contribution in [3.05, 3.63) is 23.8 Å². The molecule has 0 fully saturated rings. The van der Waals surface area contributed by atoms with E-state index in [-0.39, 0.29) is 6.42 Å². The van der Waals surface area contributed by atoms with Gasteiger partial charge in [0.25, 0.3) is 5.89 Å². The lowest BCUT2D eigenvalue weighted by Gasteiger charge is -2.19. The molecule has 0 saturated carbocycles. The molecule has 0 amide bonds. The average molecular weight is 264 g/mol. The summed E-state index contributed by atoms with van der Waals surface area (Å²) in [7, 11) is 0. The van der Waals surface area contributed by atoms with Gasteiger partial charge in [-0.25, -0.2) is 0 Å². The number of furan rings is 1. The van der Waals surface area contributed by atoms with E-state index in [2.05, 4.69) is 10.2 Å². The van der Waals surface area contributed by atoms with Crippen LogP contribution in [0.15, 0.2) is 21.2 Å². The minimum atomic E-state index is -0.841. The molecule has 0 spiro atoms. The molecular formula is C13H16N2O4. The van der Waals surface area contributed by atoms with Gasteiger partial charge in [0.1, 0.15) is 0 Å². The van der Waals surface area contributed by atoms with Crippen LogP contribution in [0.3, 0.4) is 0 Å². The van der Waals surface area contributed by atoms with Gasteiger partial charge in [-0.05, 0) is 18.4 Å². The van der Waals surface area contributed by atoms with E-state index in [1.165, 1.54) is 0 Å². The zero-order valence-corrected chi connectivity index (χ0v) is 11.1. The van der Waals surface area contributed by atoms with E-state index < -0.39 is 11.4 Å². The first kappa shape index (κ1) is 13.3. The van der Waals surface area contributed by atoms with Gasteiger partial charge in [-0.15, -0.1) is 10.2 Å². The molecule has 0 radical (unpaired) electrons. The van der Waals surface area contributed by atoms with Crippen LogP contribution in [0.1, 0.15) is 31.7 Å². The molecule has 0 bridgehead atoms. The third-order valence-electron chi connectivity index (χ3n) is 2.78. The Balaban J connectivity index is 2.14. The average Bonchev–Trinajstić information content (AvgIpc) is 2.84. The van der Waals surface area contributed by atoms with Crippen LogP contribution in [-0.4, -0.2) is 21.3 Å². The predicted molar refractivity (Wildman–Crippen MR) is 66.5 cm³/mol. The molecule has 2 heterocycles. The Bertz CT molecular complexity index is 583. The second kappa shape index (κ2) is 4.87. The van der Waals surface area contributed by atoms with Crippen molar-refractivity contribution in [2.45, 2.75) is 33.6 Å². The summed E-state index contributed by atoms with van der Waals surface area (Å²) in [6.45, 7) is 5.59. The second-order valence-corrected chi connectivity index (χ2v) is 5.35. The molecule has 6 heteroatoms. The van der Waals surface area contributed by atoms with Gasteiger partial charge in [0, 0.05) is 12.0 Å². The summed E-state index contributed by atoms with van der Waals surface area (Å²) in [5, 5.41) is 16.7. The molecule has 0 aliphatic heterocycles. The van der Waals surface area contributed by atoms with Crippen molar-refractivity contribution in [1.29, 1.82) is 0 Å². The lowest BCUT2D eigenvalue weighted by molar-refractivity contribution is -0.139. The van der Waals surface area contributed by atoms with Crippen LogP contribution in [0.2, 0.25) is 0 Å². The maximum Gasteiger partial charge on any atom is 0.303 e. The Morgan fingerprint density at radius 2 is 2.16 bits per heavy atom. The first-order valence-corrected chi connectivity index (χ1v) is 5.96. The number of aromatic nitrogens is 2. The largest absolute Gasteiger partial charge is 0.481 e. The van der Waals surface area contributed by atoms with E-state index in [1.807, 2.05) is 26.8 Å². The number of carbonyl (C=O) groups is 1. The Morgan fingerprint density at radius 3 is 2.74 bits per heavy atom. The van der Waals surface area contributed by atoms with Gasteiger partial charge >= 0.3 is 5.97 Å². The van der Waals surface area contributed by atoms with Crippen molar-refractivity contribution in [3.63, 3.8) is 0 Å². The standard InChI is InChI=1S/C13H16N2O4/c1-8-4-5-18-11(8)12-15-14-9(19-12)6-13(2,3)7-10(16)17/h4-5H,6-7H2,1-3H3,(H,16,17). The number of nitrogens with zero attached hydrogens (tertiary/aromatic N) is 2. The molecule has 0 aliphatic rings. The first-order valence-electron chi connectivity index (χ1n) is 5.96. The number of hydrogen-bond donors (Lipinski definition) is 1. The Kier molecular flexibility index (Phi) is 3.42. The minimum absolute atomic E-state index is 0.0461. The van der Waals surface area contributed by atoms with Crippen LogP contribution >= 0.6 is 0 Å². The van der Waals surface area contributed by atoms with Gasteiger partial charge in [0.2, 0.25) is 5.89 Å². The molecule has 102 valence electrons. The van der Waals surface area contributed by atoms with Gasteiger partial charge in [0.15, 0.2) is 5.76 Å². The molecular weight excluding hydrogens is 248 g/mol. The summed E-state index contributed by atoms with van der Waals surface area (Å²) < 4.78 is 10.8. The first-order chi connectivity index (χ1) is 8.87. The van der Waals surface area contributed by atoms with Crippen LogP contribution in [-0.2, 0) is 11.2 Å². The monoisotopic (exact) mass is 264 g/mol. The molecule has 1 N–H and O–H groups in total. The van der Waals surface area contributed by atoms with Crippen molar-refractivity contribution in [3.8, 4) is 11.7 Å². The van der Waals surface area contributed by atoms with Crippen LogP contribution in [0.4, 0.5) is 0 Å². The maximum atomic E-state index is 10.8. The summed E-state index contributed by atoms with van der Waals surface area (Å²) in [6, 6.07) is 1.81. The summed E-state index contributed by atoms with van der Waals surface area (Å²) in [4.78, 5) is 10.8. The second-order valence-electron chi connectivity index (χ2n) is 5.35. The van der Waals surface area contributed by atoms with Gasteiger partial charge in [0.05, 0.1) is 12.7 Å². The summed E-state index contributed by atoms with van der Waals surface area (Å²) in [5.74, 6) is 0.446. The molecule has 19 heavy (non-hydrogen) atoms. The lowest BCUT2D eigenvalue weighted by Crippen LogP contribution is -2.19. The smallest absolute Gasteiger partial charge is 0.303 e. The number of rotatable bonds is 5. The van der Waals surface area contributed by atoms with Gasteiger partial charge in [-0.2, -0.15) is 0 Å². The third-order valence-corrected chi connectivity index (χ3v) is 2.78. The normalized spacial score (nSPS) is 11.7. The van der Waals surface area contributed by atoms with E-state index in [9.17, 15) is 4.79 Å². The fourth-order valence-electron chi connectivity index (χ4n) is 1.89. The van der Waals surface area contributed by atoms with Crippen molar-refractivity contribution in [2.24, 2.45) is 5.41 Å². The van der Waals surface area contributed by atoms with Gasteiger partial charge in [-0.3, -0.25) is 4.79 Å².